The van der Waals surface area contributed by atoms with Crippen molar-refractivity contribution >= 4 is 29.0 Å². The van der Waals surface area contributed by atoms with Crippen molar-refractivity contribution in [3.05, 3.63) is 106 Å². The van der Waals surface area contributed by atoms with Crippen molar-refractivity contribution < 1.29 is 14.1 Å². The monoisotopic (exact) mass is 396 g/mol. The number of carbonyl (C=O) groups is 1. The Bertz CT molecular complexity index is 928. The predicted molar refractivity (Wildman–Crippen MR) is 109 cm³/mol. The van der Waals surface area contributed by atoms with Crippen LogP contribution in [0.25, 0.3) is 0 Å². The Labute approximate surface area is 165 Å². The van der Waals surface area contributed by atoms with Crippen molar-refractivity contribution in [3.63, 3.8) is 0 Å². The number of anilines is 1. The van der Waals surface area contributed by atoms with E-state index in [0.717, 1.165) is 23.3 Å². The molecule has 0 heterocycles. The number of hydrogen-bond donors (Lipinski definition) is 1. The zero-order valence-electron chi connectivity index (χ0n) is 14.7. The SMILES string of the molecule is O=C(CSC(c1ccccc1)c1ccccc1)Nc1ccc(F)c([N+](=O)[O-])c1. The number of thioether (sulfide) groups is 1. The zero-order valence-corrected chi connectivity index (χ0v) is 15.6. The third-order valence-electron chi connectivity index (χ3n) is 4.01. The topological polar surface area (TPSA) is 72.2 Å². The van der Waals surface area contributed by atoms with Crippen LogP contribution < -0.4 is 5.32 Å². The maximum Gasteiger partial charge on any atom is 0.306 e. The molecule has 0 aliphatic rings. The Balaban J connectivity index is 1.71. The molecule has 3 rings (SSSR count). The van der Waals surface area contributed by atoms with Gasteiger partial charge in [-0.2, -0.15) is 4.39 Å². The molecule has 0 saturated carbocycles. The number of amides is 1. The molecular weight excluding hydrogens is 379 g/mol. The second-order valence-corrected chi connectivity index (χ2v) is 7.08. The van der Waals surface area contributed by atoms with Gasteiger partial charge >= 0.3 is 5.69 Å². The van der Waals surface area contributed by atoms with E-state index in [-0.39, 0.29) is 22.6 Å². The number of rotatable bonds is 7. The highest BCUT2D eigenvalue weighted by molar-refractivity contribution is 8.00. The van der Waals surface area contributed by atoms with E-state index in [1.54, 1.807) is 0 Å². The summed E-state index contributed by atoms with van der Waals surface area (Å²) in [5, 5.41) is 13.4. The summed E-state index contributed by atoms with van der Waals surface area (Å²) in [7, 11) is 0. The summed E-state index contributed by atoms with van der Waals surface area (Å²) in [6.07, 6.45) is 0. The first-order chi connectivity index (χ1) is 13.5. The molecule has 0 aliphatic heterocycles. The molecular formula is C21H17FN2O3S. The molecule has 0 fully saturated rings. The highest BCUT2D eigenvalue weighted by Crippen LogP contribution is 2.35. The van der Waals surface area contributed by atoms with Gasteiger partial charge in [-0.05, 0) is 23.3 Å². The van der Waals surface area contributed by atoms with Gasteiger partial charge in [-0.3, -0.25) is 14.9 Å². The molecule has 5 nitrogen and oxygen atoms in total. The standard InChI is InChI=1S/C21H17FN2O3S/c22-18-12-11-17(13-19(18)24(26)27)23-20(25)14-28-21(15-7-3-1-4-8-15)16-9-5-2-6-10-16/h1-13,21H,14H2,(H,23,25). The molecule has 0 spiro atoms. The molecule has 7 heteroatoms. The maximum atomic E-state index is 13.4. The Morgan fingerprint density at radius 2 is 1.57 bits per heavy atom. The number of halogens is 1. The third kappa shape index (κ3) is 4.95. The van der Waals surface area contributed by atoms with E-state index in [4.69, 9.17) is 0 Å². The normalized spacial score (nSPS) is 10.6. The fourth-order valence-corrected chi connectivity index (χ4v) is 3.82. The fraction of sp³-hybridized carbons (Fsp3) is 0.0952. The van der Waals surface area contributed by atoms with Crippen LogP contribution in [0.15, 0.2) is 78.9 Å². The Morgan fingerprint density at radius 3 is 2.11 bits per heavy atom. The van der Waals surface area contributed by atoms with Crippen LogP contribution in [0.4, 0.5) is 15.8 Å². The summed E-state index contributed by atoms with van der Waals surface area (Å²) in [5.74, 6) is -1.12. The lowest BCUT2D eigenvalue weighted by atomic mass is 10.0. The number of benzene rings is 3. The first-order valence-electron chi connectivity index (χ1n) is 8.50. The second-order valence-electron chi connectivity index (χ2n) is 5.98. The molecule has 1 amide bonds. The Morgan fingerprint density at radius 1 is 1.00 bits per heavy atom. The van der Waals surface area contributed by atoms with Crippen LogP contribution >= 0.6 is 11.8 Å². The van der Waals surface area contributed by atoms with Crippen molar-refractivity contribution in [2.75, 3.05) is 11.1 Å². The van der Waals surface area contributed by atoms with Crippen LogP contribution in [0.2, 0.25) is 0 Å². The Kier molecular flexibility index (Phi) is 6.39. The second kappa shape index (κ2) is 9.14. The molecule has 1 N–H and O–H groups in total. The summed E-state index contributed by atoms with van der Waals surface area (Å²) in [4.78, 5) is 22.4. The summed E-state index contributed by atoms with van der Waals surface area (Å²) >= 11 is 1.45. The molecule has 0 atom stereocenters. The first kappa shape index (κ1) is 19.6. The van der Waals surface area contributed by atoms with Gasteiger partial charge in [0.1, 0.15) is 0 Å². The van der Waals surface area contributed by atoms with Crippen molar-refractivity contribution in [2.24, 2.45) is 0 Å². The van der Waals surface area contributed by atoms with Crippen LogP contribution in [-0.4, -0.2) is 16.6 Å². The van der Waals surface area contributed by atoms with Crippen molar-refractivity contribution in [1.29, 1.82) is 0 Å². The van der Waals surface area contributed by atoms with Gasteiger partial charge < -0.3 is 5.32 Å². The lowest BCUT2D eigenvalue weighted by molar-refractivity contribution is -0.387. The van der Waals surface area contributed by atoms with Gasteiger partial charge in [0, 0.05) is 11.8 Å². The summed E-state index contributed by atoms with van der Waals surface area (Å²) in [6, 6.07) is 23.0. The molecule has 3 aromatic carbocycles. The fourth-order valence-electron chi connectivity index (χ4n) is 2.73. The van der Waals surface area contributed by atoms with Gasteiger partial charge in [0.2, 0.25) is 11.7 Å². The van der Waals surface area contributed by atoms with Gasteiger partial charge in [0.15, 0.2) is 0 Å². The largest absolute Gasteiger partial charge is 0.325 e. The van der Waals surface area contributed by atoms with Crippen LogP contribution in [0.3, 0.4) is 0 Å². The van der Waals surface area contributed by atoms with E-state index in [9.17, 15) is 19.3 Å². The minimum Gasteiger partial charge on any atom is -0.325 e. The first-order valence-corrected chi connectivity index (χ1v) is 9.55. The van der Waals surface area contributed by atoms with Gasteiger partial charge in [0.25, 0.3) is 0 Å². The highest BCUT2D eigenvalue weighted by atomic mass is 32.2. The molecule has 0 bridgehead atoms. The van der Waals surface area contributed by atoms with Crippen molar-refractivity contribution in [1.82, 2.24) is 0 Å². The van der Waals surface area contributed by atoms with E-state index < -0.39 is 16.4 Å². The number of nitro groups is 1. The molecule has 0 aliphatic carbocycles. The number of carbonyl (C=O) groups excluding carboxylic acids is 1. The molecule has 0 radical (unpaired) electrons. The zero-order chi connectivity index (χ0) is 19.9. The average molecular weight is 396 g/mol. The molecule has 142 valence electrons. The maximum absolute atomic E-state index is 13.4. The van der Waals surface area contributed by atoms with Gasteiger partial charge in [-0.15, -0.1) is 11.8 Å². The van der Waals surface area contributed by atoms with Gasteiger partial charge in [-0.1, -0.05) is 60.7 Å². The van der Waals surface area contributed by atoms with Crippen molar-refractivity contribution in [3.8, 4) is 0 Å². The van der Waals surface area contributed by atoms with E-state index in [1.165, 1.54) is 17.8 Å². The van der Waals surface area contributed by atoms with Crippen molar-refractivity contribution in [2.45, 2.75) is 5.25 Å². The summed E-state index contributed by atoms with van der Waals surface area (Å²) in [5.41, 5.74) is 1.67. The minimum absolute atomic E-state index is 0.0318. The highest BCUT2D eigenvalue weighted by Gasteiger charge is 2.18. The Hall–Kier alpha value is -3.19. The van der Waals surface area contributed by atoms with Gasteiger partial charge in [0.05, 0.1) is 15.9 Å². The lowest BCUT2D eigenvalue weighted by Crippen LogP contribution is -2.15. The smallest absolute Gasteiger partial charge is 0.306 e. The number of nitro benzene ring substituents is 1. The number of nitrogens with zero attached hydrogens (tertiary/aromatic N) is 1. The van der Waals surface area contributed by atoms with Crippen LogP contribution in [0, 0.1) is 15.9 Å². The van der Waals surface area contributed by atoms with E-state index in [2.05, 4.69) is 5.32 Å². The summed E-state index contributed by atoms with van der Waals surface area (Å²) < 4.78 is 13.4. The quantitative estimate of drug-likeness (QED) is 0.440. The molecule has 3 aromatic rings. The van der Waals surface area contributed by atoms with Crippen LogP contribution in [0.5, 0.6) is 0 Å². The van der Waals surface area contributed by atoms with Crippen LogP contribution in [0.1, 0.15) is 16.4 Å². The molecule has 0 unspecified atom stereocenters. The number of nitrogens with one attached hydrogen (secondary N) is 1. The predicted octanol–water partition coefficient (Wildman–Crippen LogP) is 5.20. The lowest BCUT2D eigenvalue weighted by Gasteiger charge is -2.17. The molecule has 28 heavy (non-hydrogen) atoms. The van der Waals surface area contributed by atoms with E-state index in [0.29, 0.717) is 0 Å². The third-order valence-corrected chi connectivity index (χ3v) is 5.32. The molecule has 0 aromatic heterocycles. The minimum atomic E-state index is -0.939. The number of hydrogen-bond acceptors (Lipinski definition) is 4. The van der Waals surface area contributed by atoms with E-state index in [1.807, 2.05) is 60.7 Å². The molecule has 0 saturated heterocycles. The van der Waals surface area contributed by atoms with E-state index >= 15 is 0 Å². The summed E-state index contributed by atoms with van der Waals surface area (Å²) in [6.45, 7) is 0. The van der Waals surface area contributed by atoms with Crippen LogP contribution in [-0.2, 0) is 4.79 Å². The van der Waals surface area contributed by atoms with Gasteiger partial charge in [-0.25, -0.2) is 0 Å². The average Bonchev–Trinajstić information content (AvgIpc) is 2.71.